The Kier molecular flexibility index (Phi) is 2.48. The van der Waals surface area contributed by atoms with Crippen LogP contribution < -0.4 is 5.32 Å². The largest absolute Gasteiger partial charge is 0.370 e. The number of fused-ring (bicyclic) bond motifs is 5. The quantitative estimate of drug-likeness (QED) is 0.838. The van der Waals surface area contributed by atoms with E-state index < -0.39 is 0 Å². The monoisotopic (exact) mass is 271 g/mol. The zero-order chi connectivity index (χ0) is 13.1. The van der Waals surface area contributed by atoms with Gasteiger partial charge in [0.15, 0.2) is 0 Å². The Bertz CT molecular complexity index is 520. The molecule has 5 unspecified atom stereocenters. The zero-order valence-corrected chi connectivity index (χ0v) is 12.2. The Labute approximate surface area is 121 Å². The minimum atomic E-state index is 0.687. The second-order valence-electron chi connectivity index (χ2n) is 7.67. The molecule has 3 heteroatoms. The van der Waals surface area contributed by atoms with Crippen molar-refractivity contribution in [1.29, 1.82) is 0 Å². The predicted octanol–water partition coefficient (Wildman–Crippen LogP) is 3.94. The molecule has 1 aliphatic heterocycles. The van der Waals surface area contributed by atoms with E-state index in [-0.39, 0.29) is 0 Å². The summed E-state index contributed by atoms with van der Waals surface area (Å²) in [6.07, 6.45) is 11.4. The third-order valence-electron chi connectivity index (χ3n) is 6.60. The molecule has 3 aliphatic carbocycles. The molecule has 0 spiro atoms. The summed E-state index contributed by atoms with van der Waals surface area (Å²) in [7, 11) is 0. The van der Waals surface area contributed by atoms with Crippen LogP contribution in [0.2, 0.25) is 0 Å². The van der Waals surface area contributed by atoms with Gasteiger partial charge in [-0.25, -0.2) is 4.68 Å². The van der Waals surface area contributed by atoms with Gasteiger partial charge in [0.05, 0.1) is 11.7 Å². The summed E-state index contributed by atoms with van der Waals surface area (Å²) in [5.74, 6) is 4.86. The number of anilines is 1. The molecule has 5 atom stereocenters. The predicted molar refractivity (Wildman–Crippen MR) is 79.9 cm³/mol. The van der Waals surface area contributed by atoms with E-state index in [1.807, 2.05) is 0 Å². The lowest BCUT2D eigenvalue weighted by Gasteiger charge is -2.36. The van der Waals surface area contributed by atoms with Crippen LogP contribution >= 0.6 is 0 Å². The number of hydrogen-bond acceptors (Lipinski definition) is 2. The normalized spacial score (nSPS) is 42.1. The Morgan fingerprint density at radius 3 is 2.85 bits per heavy atom. The summed E-state index contributed by atoms with van der Waals surface area (Å²) in [6, 6.07) is 3.07. The number of aromatic nitrogens is 2. The average molecular weight is 271 g/mol. The first-order valence-corrected chi connectivity index (χ1v) is 8.72. The van der Waals surface area contributed by atoms with Crippen molar-refractivity contribution in [2.24, 2.45) is 17.8 Å². The summed E-state index contributed by atoms with van der Waals surface area (Å²) >= 11 is 0. The van der Waals surface area contributed by atoms with Gasteiger partial charge in [-0.05, 0) is 49.9 Å². The maximum Gasteiger partial charge on any atom is 0.124 e. The van der Waals surface area contributed by atoms with Crippen molar-refractivity contribution in [3.63, 3.8) is 0 Å². The van der Waals surface area contributed by atoms with Crippen LogP contribution in [0.3, 0.4) is 0 Å². The van der Waals surface area contributed by atoms with Gasteiger partial charge in [0.1, 0.15) is 5.82 Å². The van der Waals surface area contributed by atoms with Crippen molar-refractivity contribution in [2.75, 3.05) is 11.9 Å². The molecule has 0 amide bonds. The van der Waals surface area contributed by atoms with E-state index in [1.165, 1.54) is 69.4 Å². The van der Waals surface area contributed by atoms with Gasteiger partial charge in [0, 0.05) is 18.5 Å². The molecule has 3 saturated carbocycles. The van der Waals surface area contributed by atoms with Crippen LogP contribution in [0, 0.1) is 17.8 Å². The maximum atomic E-state index is 5.09. The second-order valence-corrected chi connectivity index (χ2v) is 7.67. The van der Waals surface area contributed by atoms with Crippen molar-refractivity contribution < 1.29 is 0 Å². The molecule has 0 radical (unpaired) electrons. The van der Waals surface area contributed by atoms with Gasteiger partial charge >= 0.3 is 0 Å². The van der Waals surface area contributed by atoms with Crippen molar-refractivity contribution in [3.05, 3.63) is 11.8 Å². The highest BCUT2D eigenvalue weighted by Crippen LogP contribution is 2.53. The van der Waals surface area contributed by atoms with E-state index in [4.69, 9.17) is 5.10 Å². The molecule has 0 aromatic carbocycles. The van der Waals surface area contributed by atoms with Crippen molar-refractivity contribution >= 4 is 5.82 Å². The first-order chi connectivity index (χ1) is 9.88. The standard InChI is InChI=1S/C17H25N3/c1-2-4-16-13(3-1)10-18-17-9-15(19-20(16)17)14-8-11-5-6-12(14)7-11/h9,11-14,16,18H,1-8,10H2. The minimum absolute atomic E-state index is 0.687. The van der Waals surface area contributed by atoms with Crippen LogP contribution in [0.1, 0.15) is 69.0 Å². The van der Waals surface area contributed by atoms with Gasteiger partial charge in [-0.3, -0.25) is 0 Å². The molecule has 2 bridgehead atoms. The Hall–Kier alpha value is -0.990. The van der Waals surface area contributed by atoms with Crippen molar-refractivity contribution in [2.45, 2.75) is 63.3 Å². The molecule has 5 rings (SSSR count). The van der Waals surface area contributed by atoms with Crippen LogP contribution in [-0.4, -0.2) is 16.3 Å². The van der Waals surface area contributed by atoms with Crippen LogP contribution in [0.15, 0.2) is 6.07 Å². The van der Waals surface area contributed by atoms with E-state index in [0.29, 0.717) is 6.04 Å². The lowest BCUT2D eigenvalue weighted by Crippen LogP contribution is -2.35. The van der Waals surface area contributed by atoms with Crippen LogP contribution in [-0.2, 0) is 0 Å². The molecular weight excluding hydrogens is 246 g/mol. The molecular formula is C17H25N3. The number of hydrogen-bond donors (Lipinski definition) is 1. The SMILES string of the molecule is c1c(C2CC3CCC2C3)nn2c1NCC1CCCCC12. The topological polar surface area (TPSA) is 29.9 Å². The lowest BCUT2D eigenvalue weighted by molar-refractivity contribution is 0.221. The van der Waals surface area contributed by atoms with E-state index in [0.717, 1.165) is 23.7 Å². The molecule has 20 heavy (non-hydrogen) atoms. The smallest absolute Gasteiger partial charge is 0.124 e. The molecule has 4 aliphatic rings. The first-order valence-electron chi connectivity index (χ1n) is 8.72. The Morgan fingerprint density at radius 2 is 2.00 bits per heavy atom. The highest BCUT2D eigenvalue weighted by molar-refractivity contribution is 5.41. The molecule has 108 valence electrons. The molecule has 3 nitrogen and oxygen atoms in total. The van der Waals surface area contributed by atoms with Gasteiger partial charge in [0.25, 0.3) is 0 Å². The molecule has 2 heterocycles. The summed E-state index contributed by atoms with van der Waals surface area (Å²) < 4.78 is 2.37. The average Bonchev–Trinajstić information content (AvgIpc) is 3.21. The molecule has 3 fully saturated rings. The number of nitrogens with one attached hydrogen (secondary N) is 1. The number of rotatable bonds is 1. The fraction of sp³-hybridized carbons (Fsp3) is 0.824. The first kappa shape index (κ1) is 11.6. The molecule has 1 aromatic rings. The van der Waals surface area contributed by atoms with E-state index in [1.54, 1.807) is 0 Å². The van der Waals surface area contributed by atoms with Crippen LogP contribution in [0.4, 0.5) is 5.82 Å². The third kappa shape index (κ3) is 1.61. The van der Waals surface area contributed by atoms with E-state index in [2.05, 4.69) is 16.1 Å². The van der Waals surface area contributed by atoms with Crippen LogP contribution in [0.5, 0.6) is 0 Å². The molecule has 0 saturated heterocycles. The minimum Gasteiger partial charge on any atom is -0.370 e. The summed E-state index contributed by atoms with van der Waals surface area (Å²) in [5.41, 5.74) is 1.41. The number of nitrogens with zero attached hydrogens (tertiary/aromatic N) is 2. The van der Waals surface area contributed by atoms with E-state index >= 15 is 0 Å². The van der Waals surface area contributed by atoms with Crippen LogP contribution in [0.25, 0.3) is 0 Å². The molecule has 1 aromatic heterocycles. The summed E-state index contributed by atoms with van der Waals surface area (Å²) in [4.78, 5) is 0. The van der Waals surface area contributed by atoms with Crippen molar-refractivity contribution in [1.82, 2.24) is 9.78 Å². The van der Waals surface area contributed by atoms with Gasteiger partial charge in [-0.2, -0.15) is 5.10 Å². The zero-order valence-electron chi connectivity index (χ0n) is 12.2. The fourth-order valence-electron chi connectivity index (χ4n) is 5.57. The Morgan fingerprint density at radius 1 is 1.05 bits per heavy atom. The maximum absolute atomic E-state index is 5.09. The van der Waals surface area contributed by atoms with Gasteiger partial charge in [-0.15, -0.1) is 0 Å². The van der Waals surface area contributed by atoms with Gasteiger partial charge < -0.3 is 5.32 Å². The summed E-state index contributed by atoms with van der Waals surface area (Å²) in [5, 5.41) is 8.74. The third-order valence-corrected chi connectivity index (χ3v) is 6.60. The van der Waals surface area contributed by atoms with Gasteiger partial charge in [0.2, 0.25) is 0 Å². The lowest BCUT2D eigenvalue weighted by atomic mass is 9.83. The van der Waals surface area contributed by atoms with E-state index in [9.17, 15) is 0 Å². The van der Waals surface area contributed by atoms with Gasteiger partial charge in [-0.1, -0.05) is 19.3 Å². The summed E-state index contributed by atoms with van der Waals surface area (Å²) in [6.45, 7) is 1.17. The molecule has 1 N–H and O–H groups in total. The fourth-order valence-corrected chi connectivity index (χ4v) is 5.57. The highest BCUT2D eigenvalue weighted by atomic mass is 15.4. The highest BCUT2D eigenvalue weighted by Gasteiger charge is 2.42. The second kappa shape index (κ2) is 4.25. The Balaban J connectivity index is 1.47. The van der Waals surface area contributed by atoms with Crippen molar-refractivity contribution in [3.8, 4) is 0 Å².